The van der Waals surface area contributed by atoms with Crippen LogP contribution in [0.5, 0.6) is 0 Å². The summed E-state index contributed by atoms with van der Waals surface area (Å²) in [5.41, 5.74) is 0.670. The molecule has 1 saturated carbocycles. The minimum absolute atomic E-state index is 0.350. The third kappa shape index (κ3) is 3.85. The maximum atomic E-state index is 12.9. The zero-order valence-corrected chi connectivity index (χ0v) is 11.1. The van der Waals surface area contributed by atoms with Gasteiger partial charge in [0.2, 0.25) is 0 Å². The summed E-state index contributed by atoms with van der Waals surface area (Å²) in [5, 5.41) is 13.4. The van der Waals surface area contributed by atoms with Gasteiger partial charge in [-0.1, -0.05) is 37.3 Å². The van der Waals surface area contributed by atoms with Gasteiger partial charge in [-0.05, 0) is 30.5 Å². The molecule has 0 saturated heterocycles. The van der Waals surface area contributed by atoms with Crippen molar-refractivity contribution in [1.29, 1.82) is 0 Å². The predicted molar refractivity (Wildman–Crippen MR) is 72.5 cm³/mol. The highest BCUT2D eigenvalue weighted by Gasteiger charge is 2.18. The smallest absolute Gasteiger partial charge is 0.124 e. The largest absolute Gasteiger partial charge is 0.391 e. The highest BCUT2D eigenvalue weighted by Crippen LogP contribution is 2.29. The van der Waals surface area contributed by atoms with E-state index in [0.29, 0.717) is 23.2 Å². The lowest BCUT2D eigenvalue weighted by Crippen LogP contribution is -2.22. The van der Waals surface area contributed by atoms with Gasteiger partial charge in [-0.3, -0.25) is 0 Å². The molecule has 18 heavy (non-hydrogen) atoms. The molecule has 1 aliphatic carbocycles. The Morgan fingerprint density at radius 3 is 2.78 bits per heavy atom. The van der Waals surface area contributed by atoms with E-state index >= 15 is 0 Å². The Kier molecular flexibility index (Phi) is 4.84. The average Bonchev–Trinajstić information content (AvgIpc) is 2.80. The molecule has 0 heterocycles. The van der Waals surface area contributed by atoms with Crippen LogP contribution in [0, 0.1) is 11.7 Å². The Morgan fingerprint density at radius 2 is 2.11 bits per heavy atom. The van der Waals surface area contributed by atoms with E-state index in [1.807, 2.05) is 0 Å². The second-order valence-electron chi connectivity index (χ2n) is 5.05. The second kappa shape index (κ2) is 6.39. The van der Waals surface area contributed by atoms with Crippen molar-refractivity contribution in [3.8, 4) is 0 Å². The number of hydrogen-bond acceptors (Lipinski definition) is 2. The summed E-state index contributed by atoms with van der Waals surface area (Å²) in [4.78, 5) is 0. The first-order chi connectivity index (χ1) is 8.65. The molecule has 0 aromatic heterocycles. The molecule has 2 nitrogen and oxygen atoms in total. The standard InChI is InChI=1S/C14H19ClFNO/c15-13-8-11(16)5-6-14(13)17-9-12(18)7-10-3-1-2-4-10/h5-6,8,10,12,17-18H,1-4,7,9H2. The fourth-order valence-corrected chi connectivity index (χ4v) is 2.81. The summed E-state index contributed by atoms with van der Waals surface area (Å²) in [7, 11) is 0. The van der Waals surface area contributed by atoms with E-state index in [-0.39, 0.29) is 11.9 Å². The van der Waals surface area contributed by atoms with Crippen molar-refractivity contribution in [2.24, 2.45) is 5.92 Å². The van der Waals surface area contributed by atoms with Crippen LogP contribution >= 0.6 is 11.6 Å². The molecule has 1 aliphatic rings. The van der Waals surface area contributed by atoms with E-state index in [4.69, 9.17) is 11.6 Å². The van der Waals surface area contributed by atoms with E-state index < -0.39 is 0 Å². The van der Waals surface area contributed by atoms with E-state index in [1.165, 1.54) is 37.8 Å². The van der Waals surface area contributed by atoms with E-state index in [0.717, 1.165) is 6.42 Å². The van der Waals surface area contributed by atoms with Gasteiger partial charge in [-0.2, -0.15) is 0 Å². The molecule has 0 radical (unpaired) electrons. The van der Waals surface area contributed by atoms with E-state index in [2.05, 4.69) is 5.32 Å². The topological polar surface area (TPSA) is 32.3 Å². The summed E-state index contributed by atoms with van der Waals surface area (Å²) in [6.07, 6.45) is 5.51. The lowest BCUT2D eigenvalue weighted by molar-refractivity contribution is 0.155. The predicted octanol–water partition coefficient (Wildman–Crippen LogP) is 3.83. The van der Waals surface area contributed by atoms with Crippen LogP contribution in [0.4, 0.5) is 10.1 Å². The van der Waals surface area contributed by atoms with Gasteiger partial charge in [-0.15, -0.1) is 0 Å². The van der Waals surface area contributed by atoms with E-state index in [9.17, 15) is 9.50 Å². The number of halogens is 2. The van der Waals surface area contributed by atoms with Crippen molar-refractivity contribution in [3.63, 3.8) is 0 Å². The van der Waals surface area contributed by atoms with Crippen LogP contribution in [-0.2, 0) is 0 Å². The minimum atomic E-state index is -0.366. The summed E-state index contributed by atoms with van der Waals surface area (Å²) in [5.74, 6) is 0.308. The normalized spacial score (nSPS) is 17.9. The third-order valence-electron chi connectivity index (χ3n) is 3.54. The first-order valence-electron chi connectivity index (χ1n) is 6.52. The molecular weight excluding hydrogens is 253 g/mol. The second-order valence-corrected chi connectivity index (χ2v) is 5.45. The fraction of sp³-hybridized carbons (Fsp3) is 0.571. The van der Waals surface area contributed by atoms with Crippen LogP contribution in [-0.4, -0.2) is 17.8 Å². The van der Waals surface area contributed by atoms with Crippen molar-refractivity contribution >= 4 is 17.3 Å². The van der Waals surface area contributed by atoms with E-state index in [1.54, 1.807) is 6.07 Å². The summed E-state index contributed by atoms with van der Waals surface area (Å²) in [6.45, 7) is 0.460. The lowest BCUT2D eigenvalue weighted by atomic mass is 10.00. The SMILES string of the molecule is OC(CNc1ccc(F)cc1Cl)CC1CCCC1. The number of nitrogens with one attached hydrogen (secondary N) is 1. The molecule has 0 bridgehead atoms. The van der Waals surface area contributed by atoms with Gasteiger partial charge < -0.3 is 10.4 Å². The fourth-order valence-electron chi connectivity index (χ4n) is 2.57. The molecule has 0 aliphatic heterocycles. The number of anilines is 1. The van der Waals surface area contributed by atoms with Crippen LogP contribution in [0.2, 0.25) is 5.02 Å². The van der Waals surface area contributed by atoms with Gasteiger partial charge in [0.15, 0.2) is 0 Å². The van der Waals surface area contributed by atoms with Gasteiger partial charge in [0.25, 0.3) is 0 Å². The highest BCUT2D eigenvalue weighted by molar-refractivity contribution is 6.33. The first kappa shape index (κ1) is 13.6. The molecule has 1 aromatic rings. The zero-order valence-electron chi connectivity index (χ0n) is 10.3. The number of rotatable bonds is 5. The molecule has 0 amide bonds. The molecule has 1 atom stereocenters. The van der Waals surface area contributed by atoms with Crippen LogP contribution < -0.4 is 5.32 Å². The van der Waals surface area contributed by atoms with Crippen LogP contribution in [0.3, 0.4) is 0 Å². The maximum absolute atomic E-state index is 12.9. The Bertz CT molecular complexity index is 393. The molecule has 1 aromatic carbocycles. The summed E-state index contributed by atoms with van der Waals surface area (Å²) in [6, 6.07) is 4.23. The van der Waals surface area contributed by atoms with Crippen molar-refractivity contribution < 1.29 is 9.50 Å². The molecule has 2 N–H and O–H groups in total. The number of aliphatic hydroxyl groups is 1. The van der Waals surface area contributed by atoms with Gasteiger partial charge in [0.05, 0.1) is 16.8 Å². The summed E-state index contributed by atoms with van der Waals surface area (Å²) >= 11 is 5.90. The highest BCUT2D eigenvalue weighted by atomic mass is 35.5. The van der Waals surface area contributed by atoms with Crippen LogP contribution in [0.25, 0.3) is 0 Å². The maximum Gasteiger partial charge on any atom is 0.124 e. The third-order valence-corrected chi connectivity index (χ3v) is 3.85. The van der Waals surface area contributed by atoms with Gasteiger partial charge >= 0.3 is 0 Å². The number of benzene rings is 1. The molecule has 1 unspecified atom stereocenters. The molecule has 1 fully saturated rings. The van der Waals surface area contributed by atoms with Gasteiger partial charge in [0, 0.05) is 6.54 Å². The van der Waals surface area contributed by atoms with Crippen LogP contribution in [0.1, 0.15) is 32.1 Å². The average molecular weight is 272 g/mol. The quantitative estimate of drug-likeness (QED) is 0.853. The molecule has 100 valence electrons. The van der Waals surface area contributed by atoms with Gasteiger partial charge in [-0.25, -0.2) is 4.39 Å². The number of aliphatic hydroxyl groups excluding tert-OH is 1. The Hall–Kier alpha value is -0.800. The first-order valence-corrected chi connectivity index (χ1v) is 6.90. The minimum Gasteiger partial charge on any atom is -0.391 e. The summed E-state index contributed by atoms with van der Waals surface area (Å²) < 4.78 is 12.9. The van der Waals surface area contributed by atoms with Crippen molar-refractivity contribution in [2.75, 3.05) is 11.9 Å². The monoisotopic (exact) mass is 271 g/mol. The Labute approximate surface area is 112 Å². The molecule has 0 spiro atoms. The van der Waals surface area contributed by atoms with Gasteiger partial charge in [0.1, 0.15) is 5.82 Å². The van der Waals surface area contributed by atoms with Crippen molar-refractivity contribution in [1.82, 2.24) is 0 Å². The van der Waals surface area contributed by atoms with Crippen molar-refractivity contribution in [3.05, 3.63) is 29.0 Å². The number of hydrogen-bond donors (Lipinski definition) is 2. The van der Waals surface area contributed by atoms with Crippen LogP contribution in [0.15, 0.2) is 18.2 Å². The Morgan fingerprint density at radius 1 is 1.39 bits per heavy atom. The lowest BCUT2D eigenvalue weighted by Gasteiger charge is -2.17. The Balaban J connectivity index is 1.79. The molecular formula is C14H19ClFNO. The molecule has 4 heteroatoms. The zero-order chi connectivity index (χ0) is 13.0. The van der Waals surface area contributed by atoms with Crippen molar-refractivity contribution in [2.45, 2.75) is 38.2 Å². The molecule has 2 rings (SSSR count).